The van der Waals surface area contributed by atoms with Gasteiger partial charge in [0.05, 0.1) is 18.9 Å². The zero-order valence-corrected chi connectivity index (χ0v) is 10.1. The lowest BCUT2D eigenvalue weighted by Crippen LogP contribution is -2.09. The first-order valence-corrected chi connectivity index (χ1v) is 6.04. The summed E-state index contributed by atoms with van der Waals surface area (Å²) in [6.45, 7) is 3.39. The summed E-state index contributed by atoms with van der Waals surface area (Å²) in [6, 6.07) is 3.60. The van der Waals surface area contributed by atoms with Crippen molar-refractivity contribution in [1.82, 2.24) is 4.98 Å². The van der Waals surface area contributed by atoms with Crippen LogP contribution in [0.5, 0.6) is 0 Å². The molecule has 0 atom stereocenters. The Morgan fingerprint density at radius 3 is 2.12 bits per heavy atom. The van der Waals surface area contributed by atoms with Gasteiger partial charge in [-0.3, -0.25) is 4.98 Å². The average molecular weight is 248 g/mol. The van der Waals surface area contributed by atoms with Gasteiger partial charge in [0.1, 0.15) is 0 Å². The van der Waals surface area contributed by atoms with E-state index in [9.17, 15) is 8.42 Å². The topological polar surface area (TPSA) is 91.5 Å². The molecule has 0 amide bonds. The maximum absolute atomic E-state index is 10.4. The SMILES string of the molecule is CCOS(=O)(=O)OCC.Nc1cccnc1. The minimum absolute atomic E-state index is 0.113. The number of nitrogens with two attached hydrogens (primary N) is 1. The average Bonchev–Trinajstić information content (AvgIpc) is 2.19. The van der Waals surface area contributed by atoms with Crippen molar-refractivity contribution < 1.29 is 16.8 Å². The van der Waals surface area contributed by atoms with Crippen LogP contribution in [-0.4, -0.2) is 26.6 Å². The Morgan fingerprint density at radius 2 is 1.88 bits per heavy atom. The number of nitrogens with zero attached hydrogens (tertiary/aromatic N) is 1. The van der Waals surface area contributed by atoms with E-state index in [1.165, 1.54) is 0 Å². The highest BCUT2D eigenvalue weighted by molar-refractivity contribution is 7.81. The van der Waals surface area contributed by atoms with Crippen molar-refractivity contribution >= 4 is 16.1 Å². The van der Waals surface area contributed by atoms with Gasteiger partial charge in [-0.25, -0.2) is 8.37 Å². The number of hydrogen-bond donors (Lipinski definition) is 1. The van der Waals surface area contributed by atoms with Crippen LogP contribution in [0.3, 0.4) is 0 Å². The highest BCUT2D eigenvalue weighted by atomic mass is 32.3. The second-order valence-corrected chi connectivity index (χ2v) is 3.80. The second-order valence-electron chi connectivity index (χ2n) is 2.51. The number of nitrogen functional groups attached to an aromatic ring is 1. The van der Waals surface area contributed by atoms with Crippen LogP contribution in [-0.2, 0) is 18.8 Å². The van der Waals surface area contributed by atoms with Crippen molar-refractivity contribution in [3.8, 4) is 0 Å². The number of rotatable bonds is 4. The monoisotopic (exact) mass is 248 g/mol. The molecule has 6 nitrogen and oxygen atoms in total. The summed E-state index contributed by atoms with van der Waals surface area (Å²) in [5.41, 5.74) is 6.01. The Labute approximate surface area is 95.7 Å². The van der Waals surface area contributed by atoms with Gasteiger partial charge in [0.2, 0.25) is 0 Å². The van der Waals surface area contributed by atoms with Gasteiger partial charge in [-0.05, 0) is 26.0 Å². The fourth-order valence-corrected chi connectivity index (χ4v) is 1.34. The maximum Gasteiger partial charge on any atom is 0.399 e. The Hall–Kier alpha value is -1.18. The number of aromatic nitrogens is 1. The van der Waals surface area contributed by atoms with E-state index in [-0.39, 0.29) is 13.2 Å². The molecule has 0 bridgehead atoms. The molecule has 1 aromatic heterocycles. The summed E-state index contributed by atoms with van der Waals surface area (Å²) in [4.78, 5) is 3.76. The predicted octanol–water partition coefficient (Wildman–Crippen LogP) is 0.968. The molecule has 1 rings (SSSR count). The molecule has 0 aliphatic rings. The van der Waals surface area contributed by atoms with E-state index in [0.717, 1.165) is 0 Å². The van der Waals surface area contributed by atoms with Crippen LogP contribution in [0.15, 0.2) is 24.5 Å². The Morgan fingerprint density at radius 1 is 1.31 bits per heavy atom. The van der Waals surface area contributed by atoms with Crippen LogP contribution in [0.4, 0.5) is 5.69 Å². The fourth-order valence-electron chi connectivity index (χ4n) is 0.699. The van der Waals surface area contributed by atoms with Crippen LogP contribution in [0.25, 0.3) is 0 Å². The minimum atomic E-state index is -3.68. The van der Waals surface area contributed by atoms with Crippen molar-refractivity contribution in [3.63, 3.8) is 0 Å². The molecule has 92 valence electrons. The van der Waals surface area contributed by atoms with E-state index in [1.807, 2.05) is 0 Å². The molecule has 0 aliphatic carbocycles. The normalized spacial score (nSPS) is 10.4. The molecule has 0 unspecified atom stereocenters. The van der Waals surface area contributed by atoms with Gasteiger partial charge in [-0.2, -0.15) is 8.42 Å². The van der Waals surface area contributed by atoms with Crippen LogP contribution in [0.2, 0.25) is 0 Å². The molecule has 1 aromatic rings. The molecule has 0 saturated heterocycles. The Kier molecular flexibility index (Phi) is 7.44. The second kappa shape index (κ2) is 8.03. The van der Waals surface area contributed by atoms with Crippen molar-refractivity contribution in [3.05, 3.63) is 24.5 Å². The maximum atomic E-state index is 10.4. The van der Waals surface area contributed by atoms with E-state index in [1.54, 1.807) is 38.4 Å². The van der Waals surface area contributed by atoms with Crippen molar-refractivity contribution in [2.24, 2.45) is 0 Å². The van der Waals surface area contributed by atoms with Gasteiger partial charge >= 0.3 is 10.4 Å². The first kappa shape index (κ1) is 14.8. The fraction of sp³-hybridized carbons (Fsp3) is 0.444. The van der Waals surface area contributed by atoms with Gasteiger partial charge in [-0.1, -0.05) is 0 Å². The molecule has 0 radical (unpaired) electrons. The van der Waals surface area contributed by atoms with E-state index < -0.39 is 10.4 Å². The van der Waals surface area contributed by atoms with Crippen molar-refractivity contribution in [1.29, 1.82) is 0 Å². The Balaban J connectivity index is 0.000000288. The van der Waals surface area contributed by atoms with E-state index in [0.29, 0.717) is 5.69 Å². The molecule has 0 aliphatic heterocycles. The lowest BCUT2D eigenvalue weighted by molar-refractivity contribution is 0.231. The summed E-state index contributed by atoms with van der Waals surface area (Å²) in [5.74, 6) is 0. The van der Waals surface area contributed by atoms with Gasteiger partial charge in [0.15, 0.2) is 0 Å². The predicted molar refractivity (Wildman–Crippen MR) is 60.8 cm³/mol. The highest BCUT2D eigenvalue weighted by Crippen LogP contribution is 1.93. The molecule has 1 heterocycles. The minimum Gasteiger partial charge on any atom is -0.397 e. The summed E-state index contributed by atoms with van der Waals surface area (Å²) in [6.07, 6.45) is 3.30. The first-order valence-electron chi connectivity index (χ1n) is 4.71. The third-order valence-corrected chi connectivity index (χ3v) is 2.26. The third kappa shape index (κ3) is 8.16. The summed E-state index contributed by atoms with van der Waals surface area (Å²) >= 11 is 0. The zero-order chi connectivity index (χ0) is 12.4. The molecule has 0 fully saturated rings. The van der Waals surface area contributed by atoms with E-state index >= 15 is 0 Å². The van der Waals surface area contributed by atoms with Gasteiger partial charge in [0, 0.05) is 12.4 Å². The van der Waals surface area contributed by atoms with Crippen molar-refractivity contribution in [2.75, 3.05) is 18.9 Å². The van der Waals surface area contributed by atoms with Gasteiger partial charge in [0.25, 0.3) is 0 Å². The molecular weight excluding hydrogens is 232 g/mol. The standard InChI is InChI=1S/C5H6N2.C4H10O4S/c6-5-2-1-3-7-4-5;1-3-7-9(5,6)8-4-2/h1-4H,6H2;3-4H2,1-2H3. The molecule has 16 heavy (non-hydrogen) atoms. The zero-order valence-electron chi connectivity index (χ0n) is 9.29. The molecule has 0 saturated carbocycles. The summed E-state index contributed by atoms with van der Waals surface area (Å²) < 4.78 is 29.2. The molecule has 2 N–H and O–H groups in total. The molecule has 7 heteroatoms. The number of pyridine rings is 1. The molecule has 0 aromatic carbocycles. The third-order valence-electron chi connectivity index (χ3n) is 1.21. The van der Waals surface area contributed by atoms with Crippen molar-refractivity contribution in [2.45, 2.75) is 13.8 Å². The lowest BCUT2D eigenvalue weighted by Gasteiger charge is -1.99. The Bertz CT molecular complexity index is 354. The largest absolute Gasteiger partial charge is 0.399 e. The van der Waals surface area contributed by atoms with Gasteiger partial charge < -0.3 is 5.73 Å². The van der Waals surface area contributed by atoms with E-state index in [4.69, 9.17) is 5.73 Å². The quantitative estimate of drug-likeness (QED) is 0.853. The van der Waals surface area contributed by atoms with Crippen LogP contribution in [0.1, 0.15) is 13.8 Å². The number of anilines is 1. The van der Waals surface area contributed by atoms with Crippen LogP contribution >= 0.6 is 0 Å². The highest BCUT2D eigenvalue weighted by Gasteiger charge is 2.06. The van der Waals surface area contributed by atoms with Gasteiger partial charge in [-0.15, -0.1) is 0 Å². The molecule has 0 spiro atoms. The summed E-state index contributed by atoms with van der Waals surface area (Å²) in [5, 5.41) is 0. The van der Waals surface area contributed by atoms with Crippen LogP contribution in [0, 0.1) is 0 Å². The van der Waals surface area contributed by atoms with E-state index in [2.05, 4.69) is 13.4 Å². The summed E-state index contributed by atoms with van der Waals surface area (Å²) in [7, 11) is -3.68. The lowest BCUT2D eigenvalue weighted by atomic mass is 10.4. The smallest absolute Gasteiger partial charge is 0.397 e. The molecular formula is C9H16N2O4S. The first-order chi connectivity index (χ1) is 7.52. The number of hydrogen-bond acceptors (Lipinski definition) is 6. The van der Waals surface area contributed by atoms with Crippen LogP contribution < -0.4 is 5.73 Å².